The molecule has 0 saturated carbocycles. The number of anilines is 1. The fraction of sp³-hybridized carbons (Fsp3) is 0.108. The number of ether oxygens (including phenoxy) is 1. The van der Waals surface area contributed by atoms with Gasteiger partial charge < -0.3 is 14.6 Å². The van der Waals surface area contributed by atoms with Crippen molar-refractivity contribution < 1.29 is 9.53 Å². The molecule has 0 aliphatic carbocycles. The Morgan fingerprint density at radius 1 is 1.00 bits per heavy atom. The van der Waals surface area contributed by atoms with Crippen molar-refractivity contribution in [3.05, 3.63) is 162 Å². The van der Waals surface area contributed by atoms with Crippen LogP contribution in [-0.4, -0.2) is 22.2 Å². The van der Waals surface area contributed by atoms with E-state index < -0.39 is 6.04 Å². The quantitative estimate of drug-likeness (QED) is 0.214. The summed E-state index contributed by atoms with van der Waals surface area (Å²) in [6.07, 6.45) is 3.97. The molecule has 1 aliphatic rings. The van der Waals surface area contributed by atoms with Crippen molar-refractivity contribution in [3.63, 3.8) is 0 Å². The highest BCUT2D eigenvalue weighted by Crippen LogP contribution is 2.32. The first-order valence-electron chi connectivity index (χ1n) is 14.8. The number of amides is 1. The number of aromatic nitrogens is 2. The first-order chi connectivity index (χ1) is 22.4. The minimum Gasteiger partial charge on any atom is -0.497 e. The molecule has 4 aromatic carbocycles. The molecule has 46 heavy (non-hydrogen) atoms. The number of rotatable bonds is 7. The molecule has 0 fully saturated rings. The number of halogens is 1. The van der Waals surface area contributed by atoms with Crippen LogP contribution in [0.25, 0.3) is 17.0 Å². The van der Waals surface area contributed by atoms with E-state index in [0.717, 1.165) is 27.6 Å². The van der Waals surface area contributed by atoms with Gasteiger partial charge in [0.25, 0.3) is 11.5 Å². The Hall–Kier alpha value is -5.18. The summed E-state index contributed by atoms with van der Waals surface area (Å²) in [7, 11) is 1.59. The van der Waals surface area contributed by atoms with Gasteiger partial charge in [0, 0.05) is 39.9 Å². The average molecular weight is 645 g/mol. The standard InChI is InChI=1S/C37H29ClN4O3S/c1-23-33(35(43)40-27-13-4-3-5-14-27)34(24-12-10-15-28(19-24)45-2)42-36(44)32(46-37(42)39-23)20-26-22-41(31-18-9-7-16-29(26)31)21-25-11-6-8-17-30(25)38/h3-20,22,34H,21H2,1-2H3,(H,40,43)/b32-20-/t34-/m0/s1. The van der Waals surface area contributed by atoms with Crippen LogP contribution in [0, 0.1) is 0 Å². The van der Waals surface area contributed by atoms with E-state index in [2.05, 4.69) is 28.2 Å². The Morgan fingerprint density at radius 3 is 2.57 bits per heavy atom. The highest BCUT2D eigenvalue weighted by molar-refractivity contribution is 7.07. The molecule has 0 bridgehead atoms. The summed E-state index contributed by atoms with van der Waals surface area (Å²) in [5.41, 5.74) is 5.06. The van der Waals surface area contributed by atoms with E-state index in [1.54, 1.807) is 11.7 Å². The van der Waals surface area contributed by atoms with Crippen LogP contribution in [0.3, 0.4) is 0 Å². The number of thiazole rings is 1. The summed E-state index contributed by atoms with van der Waals surface area (Å²) >= 11 is 7.81. The number of hydrogen-bond donors (Lipinski definition) is 1. The van der Waals surface area contributed by atoms with Crippen molar-refractivity contribution in [2.75, 3.05) is 12.4 Å². The van der Waals surface area contributed by atoms with E-state index in [1.807, 2.05) is 104 Å². The van der Waals surface area contributed by atoms with Crippen LogP contribution in [0.5, 0.6) is 5.75 Å². The number of methoxy groups -OCH3 is 1. The van der Waals surface area contributed by atoms with Crippen LogP contribution in [0.1, 0.15) is 29.7 Å². The molecular formula is C37H29ClN4O3S. The van der Waals surface area contributed by atoms with Crippen LogP contribution in [0.2, 0.25) is 5.02 Å². The van der Waals surface area contributed by atoms with Gasteiger partial charge in [0.2, 0.25) is 0 Å². The largest absolute Gasteiger partial charge is 0.497 e. The van der Waals surface area contributed by atoms with Crippen molar-refractivity contribution in [1.29, 1.82) is 0 Å². The van der Waals surface area contributed by atoms with Crippen molar-refractivity contribution in [2.24, 2.45) is 4.99 Å². The molecule has 7 nitrogen and oxygen atoms in total. The lowest BCUT2D eigenvalue weighted by atomic mass is 9.95. The zero-order chi connectivity index (χ0) is 31.8. The van der Waals surface area contributed by atoms with Crippen LogP contribution < -0.4 is 24.9 Å². The normalized spacial score (nSPS) is 14.7. The minimum atomic E-state index is -0.709. The van der Waals surface area contributed by atoms with Crippen molar-refractivity contribution in [2.45, 2.75) is 19.5 Å². The van der Waals surface area contributed by atoms with E-state index in [0.29, 0.717) is 43.6 Å². The van der Waals surface area contributed by atoms with Gasteiger partial charge in [-0.15, -0.1) is 0 Å². The molecule has 1 amide bonds. The van der Waals surface area contributed by atoms with Gasteiger partial charge in [0.15, 0.2) is 4.80 Å². The summed E-state index contributed by atoms with van der Waals surface area (Å²) in [4.78, 5) is 33.5. The van der Waals surface area contributed by atoms with E-state index in [1.165, 1.54) is 11.3 Å². The lowest BCUT2D eigenvalue weighted by molar-refractivity contribution is -0.113. The third-order valence-corrected chi connectivity index (χ3v) is 9.46. The predicted molar refractivity (Wildman–Crippen MR) is 184 cm³/mol. The van der Waals surface area contributed by atoms with Crippen LogP contribution in [0.15, 0.2) is 130 Å². The maximum atomic E-state index is 14.3. The minimum absolute atomic E-state index is 0.225. The third-order valence-electron chi connectivity index (χ3n) is 8.11. The Balaban J connectivity index is 1.37. The third kappa shape index (κ3) is 5.46. The molecule has 3 heterocycles. The van der Waals surface area contributed by atoms with Gasteiger partial charge in [-0.1, -0.05) is 89.7 Å². The SMILES string of the molecule is COc1cccc([C@H]2C(C(=O)Nc3ccccc3)=C(C)N=c3s/c(=C\c4cn(Cc5ccccc5Cl)c5ccccc45)c(=O)n32)c1. The Kier molecular flexibility index (Phi) is 7.90. The Labute approximate surface area is 274 Å². The molecule has 1 atom stereocenters. The molecule has 2 aromatic heterocycles. The smallest absolute Gasteiger partial charge is 0.271 e. The number of carbonyl (C=O) groups is 1. The zero-order valence-corrected chi connectivity index (χ0v) is 26.7. The van der Waals surface area contributed by atoms with Gasteiger partial charge in [-0.25, -0.2) is 4.99 Å². The lowest BCUT2D eigenvalue weighted by Gasteiger charge is -2.25. The van der Waals surface area contributed by atoms with Crippen LogP contribution in [0.4, 0.5) is 5.69 Å². The molecular weight excluding hydrogens is 616 g/mol. The summed E-state index contributed by atoms with van der Waals surface area (Å²) in [6, 6.07) is 31.9. The molecule has 0 radical (unpaired) electrons. The van der Waals surface area contributed by atoms with E-state index in [4.69, 9.17) is 21.3 Å². The second-order valence-electron chi connectivity index (χ2n) is 11.0. The van der Waals surface area contributed by atoms with E-state index >= 15 is 0 Å². The molecule has 7 rings (SSSR count). The highest BCUT2D eigenvalue weighted by atomic mass is 35.5. The second kappa shape index (κ2) is 12.3. The number of fused-ring (bicyclic) bond motifs is 2. The predicted octanol–water partition coefficient (Wildman–Crippen LogP) is 6.54. The molecule has 0 spiro atoms. The van der Waals surface area contributed by atoms with Gasteiger partial charge >= 0.3 is 0 Å². The second-order valence-corrected chi connectivity index (χ2v) is 12.4. The first-order valence-corrected chi connectivity index (χ1v) is 15.9. The van der Waals surface area contributed by atoms with Crippen LogP contribution in [-0.2, 0) is 11.3 Å². The van der Waals surface area contributed by atoms with Gasteiger partial charge in [-0.3, -0.25) is 14.2 Å². The maximum Gasteiger partial charge on any atom is 0.271 e. The molecule has 0 saturated heterocycles. The molecule has 228 valence electrons. The van der Waals surface area contributed by atoms with E-state index in [9.17, 15) is 9.59 Å². The zero-order valence-electron chi connectivity index (χ0n) is 25.1. The monoisotopic (exact) mass is 644 g/mol. The topological polar surface area (TPSA) is 77.6 Å². The number of carbonyl (C=O) groups excluding carboxylic acids is 1. The maximum absolute atomic E-state index is 14.3. The molecule has 1 N–H and O–H groups in total. The molecule has 1 aliphatic heterocycles. The van der Waals surface area contributed by atoms with Crippen molar-refractivity contribution in [3.8, 4) is 5.75 Å². The highest BCUT2D eigenvalue weighted by Gasteiger charge is 2.33. The summed E-state index contributed by atoms with van der Waals surface area (Å²) in [5.74, 6) is 0.306. The number of nitrogens with one attached hydrogen (secondary N) is 1. The molecule has 0 unspecified atom stereocenters. The lowest BCUT2D eigenvalue weighted by Crippen LogP contribution is -2.40. The fourth-order valence-electron chi connectivity index (χ4n) is 5.93. The Bertz CT molecular complexity index is 2340. The van der Waals surface area contributed by atoms with Crippen molar-refractivity contribution >= 4 is 51.5 Å². The molecule has 9 heteroatoms. The van der Waals surface area contributed by atoms with Crippen LogP contribution >= 0.6 is 22.9 Å². The van der Waals surface area contributed by atoms with Gasteiger partial charge in [-0.2, -0.15) is 0 Å². The van der Waals surface area contributed by atoms with E-state index in [-0.39, 0.29) is 11.5 Å². The number of allylic oxidation sites excluding steroid dienone is 1. The summed E-state index contributed by atoms with van der Waals surface area (Å²) in [5, 5.41) is 4.72. The number of nitrogens with zero attached hydrogens (tertiary/aromatic N) is 3. The fourth-order valence-corrected chi connectivity index (χ4v) is 7.16. The molecule has 6 aromatic rings. The van der Waals surface area contributed by atoms with Gasteiger partial charge in [0.05, 0.1) is 29.0 Å². The first kappa shape index (κ1) is 29.5. The number of para-hydroxylation sites is 2. The summed E-state index contributed by atoms with van der Waals surface area (Å²) in [6.45, 7) is 2.40. The number of hydrogen-bond acceptors (Lipinski definition) is 5. The van der Waals surface area contributed by atoms with Gasteiger partial charge in [0.1, 0.15) is 5.75 Å². The van der Waals surface area contributed by atoms with Crippen molar-refractivity contribution in [1.82, 2.24) is 9.13 Å². The number of benzene rings is 4. The Morgan fingerprint density at radius 2 is 1.76 bits per heavy atom. The summed E-state index contributed by atoms with van der Waals surface area (Å²) < 4.78 is 9.81. The average Bonchev–Trinajstić information content (AvgIpc) is 3.57. The van der Waals surface area contributed by atoms with Gasteiger partial charge in [-0.05, 0) is 60.5 Å².